The van der Waals surface area contributed by atoms with E-state index in [1.165, 1.54) is 28.2 Å². The number of nitrogens with one attached hydrogen (secondary N) is 1. The number of fused-ring (bicyclic) bond motifs is 1. The van der Waals surface area contributed by atoms with E-state index < -0.39 is 4.92 Å². The molecule has 0 unspecified atom stereocenters. The molecule has 4 rings (SSSR count). The van der Waals surface area contributed by atoms with Gasteiger partial charge in [-0.1, -0.05) is 42.5 Å². The van der Waals surface area contributed by atoms with Crippen LogP contribution in [-0.4, -0.2) is 33.8 Å². The molecule has 0 saturated heterocycles. The normalized spacial score (nSPS) is 14.2. The van der Waals surface area contributed by atoms with Crippen LogP contribution in [-0.2, 0) is 11.2 Å². The van der Waals surface area contributed by atoms with Crippen molar-refractivity contribution in [1.82, 2.24) is 9.88 Å². The molecule has 2 heterocycles. The molecule has 3 aromatic rings. The Morgan fingerprint density at radius 1 is 1.21 bits per heavy atom. The number of H-pyrrole nitrogens is 1. The van der Waals surface area contributed by atoms with Crippen molar-refractivity contribution in [3.63, 3.8) is 0 Å². The Bertz CT molecular complexity index is 1100. The highest BCUT2D eigenvalue weighted by Crippen LogP contribution is 2.30. The van der Waals surface area contributed by atoms with Gasteiger partial charge in [0.2, 0.25) is 5.91 Å². The van der Waals surface area contributed by atoms with E-state index in [9.17, 15) is 14.9 Å². The van der Waals surface area contributed by atoms with Crippen LogP contribution in [0, 0.1) is 17.0 Å². The zero-order valence-corrected chi connectivity index (χ0v) is 15.6. The molecular weight excluding hydrogens is 354 g/mol. The Kier molecular flexibility index (Phi) is 4.69. The molecule has 28 heavy (non-hydrogen) atoms. The number of hydrogen-bond donors (Lipinski definition) is 1. The topological polar surface area (TPSA) is 79.2 Å². The number of hydrogen-bond acceptors (Lipinski definition) is 3. The van der Waals surface area contributed by atoms with Crippen LogP contribution in [0.15, 0.2) is 54.7 Å². The van der Waals surface area contributed by atoms with Gasteiger partial charge in [-0.05, 0) is 24.5 Å². The Morgan fingerprint density at radius 3 is 2.79 bits per heavy atom. The van der Waals surface area contributed by atoms with Crippen molar-refractivity contribution >= 4 is 28.1 Å². The number of nitro groups is 1. The minimum Gasteiger partial charge on any atom is -0.360 e. The number of carbonyl (C=O) groups excluding carboxylic acids is 1. The summed E-state index contributed by atoms with van der Waals surface area (Å²) >= 11 is 0. The number of rotatable bonds is 4. The van der Waals surface area contributed by atoms with Gasteiger partial charge < -0.3 is 9.88 Å². The summed E-state index contributed by atoms with van der Waals surface area (Å²) < 4.78 is 0. The number of para-hydroxylation sites is 2. The van der Waals surface area contributed by atoms with Crippen LogP contribution in [0.1, 0.15) is 23.1 Å². The Morgan fingerprint density at radius 2 is 2.04 bits per heavy atom. The van der Waals surface area contributed by atoms with Crippen molar-refractivity contribution in [3.05, 3.63) is 81.5 Å². The molecular formula is C22H21N3O3. The largest absolute Gasteiger partial charge is 0.360 e. The molecule has 0 fully saturated rings. The smallest absolute Gasteiger partial charge is 0.273 e. The Hall–Kier alpha value is -3.41. The first-order valence-electron chi connectivity index (χ1n) is 9.31. The minimum absolute atomic E-state index is 0.00162. The average molecular weight is 375 g/mol. The highest BCUT2D eigenvalue weighted by molar-refractivity contribution is 5.94. The maximum atomic E-state index is 12.7. The van der Waals surface area contributed by atoms with E-state index in [2.05, 4.69) is 36.2 Å². The van der Waals surface area contributed by atoms with E-state index in [0.717, 1.165) is 11.9 Å². The van der Waals surface area contributed by atoms with E-state index >= 15 is 0 Å². The van der Waals surface area contributed by atoms with Gasteiger partial charge in [-0.2, -0.15) is 0 Å². The van der Waals surface area contributed by atoms with Gasteiger partial charge in [0.15, 0.2) is 0 Å². The number of nitrogens with zero attached hydrogens (tertiary/aromatic N) is 2. The van der Waals surface area contributed by atoms with Crippen LogP contribution in [0.3, 0.4) is 0 Å². The summed E-state index contributed by atoms with van der Waals surface area (Å²) in [5.74, 6) is -0.0839. The summed E-state index contributed by atoms with van der Waals surface area (Å²) in [7, 11) is 0. The number of aromatic nitrogens is 1. The van der Waals surface area contributed by atoms with Gasteiger partial charge in [0, 0.05) is 47.4 Å². The summed E-state index contributed by atoms with van der Waals surface area (Å²) in [6, 6.07) is 12.7. The van der Waals surface area contributed by atoms with Crippen LogP contribution in [0.2, 0.25) is 0 Å². The van der Waals surface area contributed by atoms with Crippen molar-refractivity contribution in [2.75, 3.05) is 13.1 Å². The molecule has 0 radical (unpaired) electrons. The molecule has 0 aliphatic carbocycles. The van der Waals surface area contributed by atoms with E-state index in [0.29, 0.717) is 18.7 Å². The zero-order chi connectivity index (χ0) is 19.7. The summed E-state index contributed by atoms with van der Waals surface area (Å²) in [6.45, 7) is 3.22. The van der Waals surface area contributed by atoms with Crippen molar-refractivity contribution < 1.29 is 9.72 Å². The molecule has 1 aliphatic rings. The van der Waals surface area contributed by atoms with E-state index in [4.69, 9.17) is 0 Å². The van der Waals surface area contributed by atoms with Gasteiger partial charge >= 0.3 is 0 Å². The number of benzene rings is 2. The van der Waals surface area contributed by atoms with Gasteiger partial charge in [0.1, 0.15) is 0 Å². The van der Waals surface area contributed by atoms with Crippen molar-refractivity contribution in [2.24, 2.45) is 0 Å². The third-order valence-electron chi connectivity index (χ3n) is 5.36. The van der Waals surface area contributed by atoms with Crippen molar-refractivity contribution in [1.29, 1.82) is 0 Å². The highest BCUT2D eigenvalue weighted by Gasteiger charge is 2.22. The number of nitro benzene ring substituents is 1. The van der Waals surface area contributed by atoms with E-state index in [-0.39, 0.29) is 18.0 Å². The van der Waals surface area contributed by atoms with Crippen LogP contribution >= 0.6 is 0 Å². The lowest BCUT2D eigenvalue weighted by Gasteiger charge is -2.26. The predicted octanol–water partition coefficient (Wildman–Crippen LogP) is 4.24. The molecule has 142 valence electrons. The minimum atomic E-state index is -0.435. The zero-order valence-electron chi connectivity index (χ0n) is 15.6. The third kappa shape index (κ3) is 3.29. The monoisotopic (exact) mass is 375 g/mol. The molecule has 1 aliphatic heterocycles. The predicted molar refractivity (Wildman–Crippen MR) is 109 cm³/mol. The summed E-state index contributed by atoms with van der Waals surface area (Å²) in [4.78, 5) is 28.5. The van der Waals surface area contributed by atoms with Crippen LogP contribution < -0.4 is 0 Å². The van der Waals surface area contributed by atoms with Gasteiger partial charge in [-0.15, -0.1) is 0 Å². The van der Waals surface area contributed by atoms with Gasteiger partial charge in [-0.3, -0.25) is 14.9 Å². The van der Waals surface area contributed by atoms with Crippen molar-refractivity contribution in [2.45, 2.75) is 19.8 Å². The van der Waals surface area contributed by atoms with E-state index in [1.807, 2.05) is 6.20 Å². The second-order valence-electron chi connectivity index (χ2n) is 7.08. The Labute approximate surface area is 162 Å². The molecule has 0 atom stereocenters. The Balaban J connectivity index is 1.50. The second-order valence-corrected chi connectivity index (χ2v) is 7.08. The number of carbonyl (C=O) groups is 1. The quantitative estimate of drug-likeness (QED) is 0.547. The van der Waals surface area contributed by atoms with Crippen LogP contribution in [0.25, 0.3) is 16.5 Å². The lowest BCUT2D eigenvalue weighted by molar-refractivity contribution is -0.385. The van der Waals surface area contributed by atoms with Gasteiger partial charge in [0.25, 0.3) is 5.69 Å². The SMILES string of the molecule is Cc1cccc2c(C3=CCN(C(=O)Cc4ccccc4[N+](=O)[O-])CC3)c[nH]c12. The lowest BCUT2D eigenvalue weighted by atomic mass is 9.98. The third-order valence-corrected chi connectivity index (χ3v) is 5.36. The fraction of sp³-hybridized carbons (Fsp3) is 0.227. The summed E-state index contributed by atoms with van der Waals surface area (Å²) in [6.07, 6.45) is 4.94. The first-order chi connectivity index (χ1) is 13.5. The standard InChI is InChI=1S/C22H21N3O3/c1-15-5-4-7-18-19(14-23-22(15)18)16-9-11-24(12-10-16)21(26)13-17-6-2-3-8-20(17)25(27)28/h2-9,14,23H,10-13H2,1H3. The molecule has 0 saturated carbocycles. The van der Waals surface area contributed by atoms with Gasteiger partial charge in [0.05, 0.1) is 11.3 Å². The first-order valence-corrected chi connectivity index (χ1v) is 9.31. The molecule has 1 amide bonds. The molecule has 6 nitrogen and oxygen atoms in total. The van der Waals surface area contributed by atoms with Gasteiger partial charge in [-0.25, -0.2) is 0 Å². The number of aryl methyl sites for hydroxylation is 1. The average Bonchev–Trinajstić information content (AvgIpc) is 3.14. The molecule has 0 bridgehead atoms. The fourth-order valence-corrected chi connectivity index (χ4v) is 3.83. The maximum absolute atomic E-state index is 12.7. The number of aromatic amines is 1. The summed E-state index contributed by atoms with van der Waals surface area (Å²) in [5, 5.41) is 12.4. The molecule has 6 heteroatoms. The lowest BCUT2D eigenvalue weighted by Crippen LogP contribution is -2.35. The molecule has 0 spiro atoms. The van der Waals surface area contributed by atoms with Crippen LogP contribution in [0.4, 0.5) is 5.69 Å². The fourth-order valence-electron chi connectivity index (χ4n) is 3.83. The molecule has 1 N–H and O–H groups in total. The summed E-state index contributed by atoms with van der Waals surface area (Å²) in [5.41, 5.74) is 5.23. The number of amides is 1. The molecule has 2 aromatic carbocycles. The second kappa shape index (κ2) is 7.31. The highest BCUT2D eigenvalue weighted by atomic mass is 16.6. The van der Waals surface area contributed by atoms with E-state index in [1.54, 1.807) is 23.1 Å². The van der Waals surface area contributed by atoms with Crippen molar-refractivity contribution in [3.8, 4) is 0 Å². The first kappa shape index (κ1) is 18.0. The maximum Gasteiger partial charge on any atom is 0.273 e. The van der Waals surface area contributed by atoms with Crippen LogP contribution in [0.5, 0.6) is 0 Å². The molecule has 1 aromatic heterocycles.